The van der Waals surface area contributed by atoms with Crippen LogP contribution in [0.4, 0.5) is 0 Å². The van der Waals surface area contributed by atoms with E-state index in [2.05, 4.69) is 29.1 Å². The Bertz CT molecular complexity index is 266. The minimum Gasteiger partial charge on any atom is -0.379 e. The Balaban J connectivity index is 1.95. The van der Waals surface area contributed by atoms with Crippen LogP contribution in [0.2, 0.25) is 0 Å². The van der Waals surface area contributed by atoms with Crippen LogP contribution in [0.3, 0.4) is 0 Å². The number of nitrogens with two attached hydrogens (primary N) is 1. The fourth-order valence-corrected chi connectivity index (χ4v) is 1.94. The van der Waals surface area contributed by atoms with Gasteiger partial charge in [-0.05, 0) is 12.3 Å². The number of guanidine groups is 1. The molecule has 1 saturated heterocycles. The summed E-state index contributed by atoms with van der Waals surface area (Å²) in [6.45, 7) is 12.0. The van der Waals surface area contributed by atoms with Gasteiger partial charge < -0.3 is 20.5 Å². The van der Waals surface area contributed by atoms with Gasteiger partial charge in [-0.1, -0.05) is 13.8 Å². The maximum Gasteiger partial charge on any atom is 0.188 e. The second-order valence-electron chi connectivity index (χ2n) is 5.47. The van der Waals surface area contributed by atoms with E-state index in [0.717, 1.165) is 52.4 Å². The summed E-state index contributed by atoms with van der Waals surface area (Å²) < 4.78 is 10.8. The molecular weight excluding hydrogens is 256 g/mol. The molecule has 3 N–H and O–H groups in total. The Labute approximate surface area is 122 Å². The molecule has 6 nitrogen and oxygen atoms in total. The third-order valence-electron chi connectivity index (χ3n) is 3.02. The summed E-state index contributed by atoms with van der Waals surface area (Å²) in [5.41, 5.74) is 5.78. The predicted molar refractivity (Wildman–Crippen MR) is 82.0 cm³/mol. The molecule has 0 aromatic carbocycles. The highest BCUT2D eigenvalue weighted by Crippen LogP contribution is 1.97. The van der Waals surface area contributed by atoms with E-state index < -0.39 is 0 Å². The maximum atomic E-state index is 5.78. The van der Waals surface area contributed by atoms with Crippen molar-refractivity contribution in [1.29, 1.82) is 0 Å². The molecule has 0 aromatic rings. The summed E-state index contributed by atoms with van der Waals surface area (Å²) in [5.74, 6) is 1.08. The number of rotatable bonds is 9. The molecule has 0 saturated carbocycles. The largest absolute Gasteiger partial charge is 0.379 e. The quantitative estimate of drug-likeness (QED) is 0.362. The molecule has 0 spiro atoms. The monoisotopic (exact) mass is 286 g/mol. The highest BCUT2D eigenvalue weighted by molar-refractivity contribution is 5.77. The van der Waals surface area contributed by atoms with E-state index in [1.165, 1.54) is 0 Å². The van der Waals surface area contributed by atoms with Crippen LogP contribution < -0.4 is 11.1 Å². The summed E-state index contributed by atoms with van der Waals surface area (Å²) in [7, 11) is 0. The Morgan fingerprint density at radius 3 is 2.85 bits per heavy atom. The van der Waals surface area contributed by atoms with E-state index in [0.29, 0.717) is 25.0 Å². The minimum absolute atomic E-state index is 0.514. The minimum atomic E-state index is 0.514. The van der Waals surface area contributed by atoms with Gasteiger partial charge in [-0.3, -0.25) is 9.89 Å². The maximum absolute atomic E-state index is 5.78. The number of nitrogens with zero attached hydrogens (tertiary/aromatic N) is 2. The van der Waals surface area contributed by atoms with Gasteiger partial charge in [-0.2, -0.15) is 0 Å². The SMILES string of the molecule is CC(C)COCCNC(N)=NCCCN1CCOCC1. The van der Waals surface area contributed by atoms with E-state index >= 15 is 0 Å². The third-order valence-corrected chi connectivity index (χ3v) is 3.02. The van der Waals surface area contributed by atoms with E-state index in [4.69, 9.17) is 15.2 Å². The van der Waals surface area contributed by atoms with Crippen molar-refractivity contribution in [2.45, 2.75) is 20.3 Å². The van der Waals surface area contributed by atoms with Gasteiger partial charge in [0, 0.05) is 39.3 Å². The molecule has 20 heavy (non-hydrogen) atoms. The highest BCUT2D eigenvalue weighted by Gasteiger charge is 2.08. The van der Waals surface area contributed by atoms with Crippen molar-refractivity contribution in [3.8, 4) is 0 Å². The molecule has 0 aliphatic carbocycles. The van der Waals surface area contributed by atoms with Crippen molar-refractivity contribution in [2.75, 3.05) is 59.2 Å². The summed E-state index contributed by atoms with van der Waals surface area (Å²) in [6.07, 6.45) is 1.03. The van der Waals surface area contributed by atoms with Gasteiger partial charge in [-0.25, -0.2) is 0 Å². The number of ether oxygens (including phenoxy) is 2. The van der Waals surface area contributed by atoms with Gasteiger partial charge in [-0.15, -0.1) is 0 Å². The lowest BCUT2D eigenvalue weighted by molar-refractivity contribution is 0.0377. The lowest BCUT2D eigenvalue weighted by atomic mass is 10.2. The molecule has 1 rings (SSSR count). The lowest BCUT2D eigenvalue weighted by Crippen LogP contribution is -2.37. The predicted octanol–water partition coefficient (Wildman–Crippen LogP) is 0.286. The van der Waals surface area contributed by atoms with Crippen LogP contribution in [0, 0.1) is 5.92 Å². The van der Waals surface area contributed by atoms with E-state index in [9.17, 15) is 0 Å². The van der Waals surface area contributed by atoms with Crippen LogP contribution >= 0.6 is 0 Å². The lowest BCUT2D eigenvalue weighted by Gasteiger charge is -2.26. The number of hydrogen-bond donors (Lipinski definition) is 2. The molecule has 0 atom stereocenters. The second-order valence-corrected chi connectivity index (χ2v) is 5.47. The molecule has 0 bridgehead atoms. The number of aliphatic imine (C=N–C) groups is 1. The standard InChI is InChI=1S/C14H30N4O2/c1-13(2)12-20-9-5-17-14(15)16-4-3-6-18-7-10-19-11-8-18/h13H,3-12H2,1-2H3,(H3,15,16,17). The zero-order chi connectivity index (χ0) is 14.6. The van der Waals surface area contributed by atoms with Crippen LogP contribution in [0.5, 0.6) is 0 Å². The summed E-state index contributed by atoms with van der Waals surface area (Å²) in [5, 5.41) is 3.06. The topological polar surface area (TPSA) is 72.1 Å². The molecule has 0 radical (unpaired) electrons. The molecule has 0 unspecified atom stereocenters. The zero-order valence-electron chi connectivity index (χ0n) is 12.9. The fraction of sp³-hybridized carbons (Fsp3) is 0.929. The van der Waals surface area contributed by atoms with Crippen molar-refractivity contribution < 1.29 is 9.47 Å². The summed E-state index contributed by atoms with van der Waals surface area (Å²) >= 11 is 0. The van der Waals surface area contributed by atoms with E-state index in [1.807, 2.05) is 0 Å². The van der Waals surface area contributed by atoms with E-state index in [1.54, 1.807) is 0 Å². The average molecular weight is 286 g/mol. The highest BCUT2D eigenvalue weighted by atomic mass is 16.5. The van der Waals surface area contributed by atoms with Crippen LogP contribution in [-0.2, 0) is 9.47 Å². The molecule has 118 valence electrons. The fourth-order valence-electron chi connectivity index (χ4n) is 1.94. The van der Waals surface area contributed by atoms with Crippen molar-refractivity contribution in [1.82, 2.24) is 10.2 Å². The van der Waals surface area contributed by atoms with Gasteiger partial charge in [0.2, 0.25) is 0 Å². The normalized spacial score (nSPS) is 17.6. The molecule has 1 aliphatic heterocycles. The van der Waals surface area contributed by atoms with Gasteiger partial charge >= 0.3 is 0 Å². The van der Waals surface area contributed by atoms with Gasteiger partial charge in [0.25, 0.3) is 0 Å². The first kappa shape index (κ1) is 17.2. The Morgan fingerprint density at radius 1 is 1.40 bits per heavy atom. The number of hydrogen-bond acceptors (Lipinski definition) is 4. The van der Waals surface area contributed by atoms with Gasteiger partial charge in [0.05, 0.1) is 19.8 Å². The average Bonchev–Trinajstić information content (AvgIpc) is 2.44. The number of morpholine rings is 1. The van der Waals surface area contributed by atoms with Crippen molar-refractivity contribution in [3.05, 3.63) is 0 Å². The van der Waals surface area contributed by atoms with Crippen LogP contribution in [0.1, 0.15) is 20.3 Å². The van der Waals surface area contributed by atoms with Crippen molar-refractivity contribution in [3.63, 3.8) is 0 Å². The first-order chi connectivity index (χ1) is 9.68. The molecular formula is C14H30N4O2. The van der Waals surface area contributed by atoms with Crippen LogP contribution in [0.15, 0.2) is 4.99 Å². The first-order valence-electron chi connectivity index (χ1n) is 7.60. The first-order valence-corrected chi connectivity index (χ1v) is 7.60. The molecule has 1 aliphatic rings. The molecule has 0 aromatic heterocycles. The second kappa shape index (κ2) is 10.9. The van der Waals surface area contributed by atoms with E-state index in [-0.39, 0.29) is 0 Å². The molecule has 1 fully saturated rings. The molecule has 6 heteroatoms. The smallest absolute Gasteiger partial charge is 0.188 e. The summed E-state index contributed by atoms with van der Waals surface area (Å²) in [4.78, 5) is 6.72. The van der Waals surface area contributed by atoms with Gasteiger partial charge in [0.15, 0.2) is 5.96 Å². The Kier molecular flexibility index (Phi) is 9.36. The van der Waals surface area contributed by atoms with Crippen LogP contribution in [0.25, 0.3) is 0 Å². The Morgan fingerprint density at radius 2 is 2.15 bits per heavy atom. The zero-order valence-corrected chi connectivity index (χ0v) is 12.9. The van der Waals surface area contributed by atoms with Crippen LogP contribution in [-0.4, -0.2) is 70.0 Å². The third kappa shape index (κ3) is 9.12. The molecule has 1 heterocycles. The van der Waals surface area contributed by atoms with Crippen molar-refractivity contribution >= 4 is 5.96 Å². The van der Waals surface area contributed by atoms with Crippen molar-refractivity contribution in [2.24, 2.45) is 16.6 Å². The Hall–Kier alpha value is -0.850. The number of nitrogens with one attached hydrogen (secondary N) is 1. The molecule has 0 amide bonds. The van der Waals surface area contributed by atoms with Gasteiger partial charge in [0.1, 0.15) is 0 Å². The summed E-state index contributed by atoms with van der Waals surface area (Å²) in [6, 6.07) is 0.